The number of aliphatic carboxylic acids is 1. The number of nitrogens with one attached hydrogen (secondary N) is 1. The van der Waals surface area contributed by atoms with Gasteiger partial charge in [-0.25, -0.2) is 4.98 Å². The van der Waals surface area contributed by atoms with Crippen LogP contribution in [0.5, 0.6) is 0 Å². The molecule has 1 fully saturated rings. The summed E-state index contributed by atoms with van der Waals surface area (Å²) >= 11 is 1.35. The first-order valence-corrected chi connectivity index (χ1v) is 7.07. The third-order valence-corrected chi connectivity index (χ3v) is 4.45. The van der Waals surface area contributed by atoms with E-state index in [1.165, 1.54) is 11.3 Å². The van der Waals surface area contributed by atoms with E-state index in [9.17, 15) is 9.59 Å². The van der Waals surface area contributed by atoms with Crippen LogP contribution in [0.3, 0.4) is 0 Å². The normalized spacial score (nSPS) is 23.4. The van der Waals surface area contributed by atoms with E-state index in [0.29, 0.717) is 35.6 Å². The standard InChI is InChI=1S/C12H14N4O3S/c13-12(11(18)19)2-3-16(6-12)5-8-14-7-1-4-20-9(7)10(17)15-8/h1,4H,2-3,5-6,13H2,(H,18,19)(H,14,15,17). The maximum Gasteiger partial charge on any atom is 0.325 e. The van der Waals surface area contributed by atoms with Crippen molar-refractivity contribution in [2.75, 3.05) is 13.1 Å². The first kappa shape index (κ1) is 13.2. The second-order valence-corrected chi connectivity index (χ2v) is 5.99. The van der Waals surface area contributed by atoms with Crippen LogP contribution in [0.4, 0.5) is 0 Å². The summed E-state index contributed by atoms with van der Waals surface area (Å²) < 4.78 is 0.605. The number of likely N-dealkylation sites (tertiary alicyclic amines) is 1. The van der Waals surface area contributed by atoms with Crippen molar-refractivity contribution < 1.29 is 9.90 Å². The van der Waals surface area contributed by atoms with Crippen molar-refractivity contribution in [1.82, 2.24) is 14.9 Å². The minimum Gasteiger partial charge on any atom is -0.480 e. The molecule has 0 amide bonds. The Kier molecular flexibility index (Phi) is 3.08. The molecule has 4 N–H and O–H groups in total. The van der Waals surface area contributed by atoms with Crippen molar-refractivity contribution in [3.63, 3.8) is 0 Å². The first-order valence-electron chi connectivity index (χ1n) is 6.19. The number of aromatic amines is 1. The molecule has 1 aliphatic heterocycles. The average molecular weight is 294 g/mol. The van der Waals surface area contributed by atoms with Gasteiger partial charge in [-0.15, -0.1) is 11.3 Å². The molecule has 20 heavy (non-hydrogen) atoms. The van der Waals surface area contributed by atoms with Gasteiger partial charge in [0.05, 0.1) is 12.1 Å². The van der Waals surface area contributed by atoms with Crippen LogP contribution in [0, 0.1) is 0 Å². The lowest BCUT2D eigenvalue weighted by Gasteiger charge is -2.19. The van der Waals surface area contributed by atoms with E-state index >= 15 is 0 Å². The summed E-state index contributed by atoms with van der Waals surface area (Å²) in [6.45, 7) is 1.23. The second-order valence-electron chi connectivity index (χ2n) is 5.07. The average Bonchev–Trinajstić information content (AvgIpc) is 2.97. The van der Waals surface area contributed by atoms with Crippen molar-refractivity contribution in [2.24, 2.45) is 5.73 Å². The highest BCUT2D eigenvalue weighted by Gasteiger charge is 2.41. The minimum atomic E-state index is -1.20. The molecule has 1 atom stereocenters. The van der Waals surface area contributed by atoms with Crippen molar-refractivity contribution in [2.45, 2.75) is 18.5 Å². The predicted molar refractivity (Wildman–Crippen MR) is 74.7 cm³/mol. The number of carboxylic acids is 1. The molecule has 3 rings (SSSR count). The van der Waals surface area contributed by atoms with E-state index < -0.39 is 11.5 Å². The zero-order valence-electron chi connectivity index (χ0n) is 10.6. The van der Waals surface area contributed by atoms with Crippen LogP contribution in [0.1, 0.15) is 12.2 Å². The number of H-pyrrole nitrogens is 1. The molecule has 7 nitrogen and oxygen atoms in total. The second kappa shape index (κ2) is 4.65. The smallest absolute Gasteiger partial charge is 0.325 e. The number of nitrogens with two attached hydrogens (primary N) is 1. The zero-order chi connectivity index (χ0) is 14.3. The number of thiophene rings is 1. The van der Waals surface area contributed by atoms with E-state index in [-0.39, 0.29) is 12.1 Å². The van der Waals surface area contributed by atoms with Gasteiger partial charge >= 0.3 is 5.97 Å². The number of hydrogen-bond acceptors (Lipinski definition) is 6. The van der Waals surface area contributed by atoms with Gasteiger partial charge in [0.1, 0.15) is 16.1 Å². The van der Waals surface area contributed by atoms with Crippen LogP contribution in [0.2, 0.25) is 0 Å². The van der Waals surface area contributed by atoms with E-state index in [4.69, 9.17) is 10.8 Å². The molecule has 0 radical (unpaired) electrons. The molecule has 0 spiro atoms. The molecule has 8 heteroatoms. The van der Waals surface area contributed by atoms with Gasteiger partial charge in [0.25, 0.3) is 5.56 Å². The van der Waals surface area contributed by atoms with Crippen molar-refractivity contribution in [3.8, 4) is 0 Å². The van der Waals surface area contributed by atoms with Gasteiger partial charge < -0.3 is 15.8 Å². The highest BCUT2D eigenvalue weighted by atomic mass is 32.1. The number of nitrogens with zero attached hydrogens (tertiary/aromatic N) is 2. The molecule has 1 unspecified atom stereocenters. The quantitative estimate of drug-likeness (QED) is 0.733. The lowest BCUT2D eigenvalue weighted by molar-refractivity contribution is -0.142. The molecule has 0 bridgehead atoms. The highest BCUT2D eigenvalue weighted by molar-refractivity contribution is 7.17. The van der Waals surface area contributed by atoms with E-state index in [0.717, 1.165) is 0 Å². The monoisotopic (exact) mass is 294 g/mol. The Morgan fingerprint density at radius 3 is 3.15 bits per heavy atom. The molecule has 0 aliphatic carbocycles. The molecule has 1 saturated heterocycles. The van der Waals surface area contributed by atoms with E-state index in [2.05, 4.69) is 9.97 Å². The third-order valence-electron chi connectivity index (χ3n) is 3.54. The van der Waals surface area contributed by atoms with Gasteiger partial charge in [-0.05, 0) is 17.9 Å². The fraction of sp³-hybridized carbons (Fsp3) is 0.417. The van der Waals surface area contributed by atoms with Crippen LogP contribution in [-0.2, 0) is 11.3 Å². The number of carbonyl (C=O) groups is 1. The Balaban J connectivity index is 1.81. The van der Waals surface area contributed by atoms with Gasteiger partial charge in [-0.2, -0.15) is 0 Å². The number of aromatic nitrogens is 2. The Hall–Kier alpha value is -1.77. The fourth-order valence-electron chi connectivity index (χ4n) is 2.43. The van der Waals surface area contributed by atoms with Crippen LogP contribution >= 0.6 is 11.3 Å². The molecule has 3 heterocycles. The SMILES string of the molecule is NC1(C(=O)O)CCN(Cc2nc3ccsc3c(=O)[nH]2)C1. The van der Waals surface area contributed by atoms with Crippen molar-refractivity contribution >= 4 is 27.5 Å². The van der Waals surface area contributed by atoms with Gasteiger partial charge in [-0.3, -0.25) is 14.5 Å². The van der Waals surface area contributed by atoms with Gasteiger partial charge in [-0.1, -0.05) is 0 Å². The third kappa shape index (κ3) is 2.21. The van der Waals surface area contributed by atoms with Crippen molar-refractivity contribution in [1.29, 1.82) is 0 Å². The highest BCUT2D eigenvalue weighted by Crippen LogP contribution is 2.21. The van der Waals surface area contributed by atoms with Gasteiger partial charge in [0.15, 0.2) is 0 Å². The molecule has 1 aliphatic rings. The van der Waals surface area contributed by atoms with Gasteiger partial charge in [0, 0.05) is 13.1 Å². The summed E-state index contributed by atoms with van der Waals surface area (Å²) in [5.74, 6) is -0.453. The Bertz CT molecular complexity index is 725. The zero-order valence-corrected chi connectivity index (χ0v) is 11.4. The molecular formula is C12H14N4O3S. The summed E-state index contributed by atoms with van der Waals surface area (Å²) in [5.41, 5.74) is 5.13. The minimum absolute atomic E-state index is 0.156. The Morgan fingerprint density at radius 2 is 2.45 bits per heavy atom. The van der Waals surface area contributed by atoms with Crippen LogP contribution in [0.15, 0.2) is 16.2 Å². The summed E-state index contributed by atoms with van der Waals surface area (Å²) in [5, 5.41) is 10.9. The maximum atomic E-state index is 11.8. The molecule has 0 saturated carbocycles. The number of rotatable bonds is 3. The number of carboxylic acid groups (broad SMARTS) is 1. The molecular weight excluding hydrogens is 280 g/mol. The van der Waals surface area contributed by atoms with Crippen molar-refractivity contribution in [3.05, 3.63) is 27.6 Å². The Labute approximate surface area is 118 Å². The summed E-state index contributed by atoms with van der Waals surface area (Å²) in [6, 6.07) is 1.80. The molecule has 0 aromatic carbocycles. The van der Waals surface area contributed by atoms with Crippen LogP contribution in [0.25, 0.3) is 10.2 Å². The van der Waals surface area contributed by atoms with E-state index in [1.54, 1.807) is 6.07 Å². The fourth-order valence-corrected chi connectivity index (χ4v) is 3.16. The molecule has 2 aromatic rings. The lowest BCUT2D eigenvalue weighted by atomic mass is 10.0. The molecule has 106 valence electrons. The first-order chi connectivity index (χ1) is 9.48. The van der Waals surface area contributed by atoms with E-state index in [1.807, 2.05) is 10.3 Å². The van der Waals surface area contributed by atoms with Crippen LogP contribution < -0.4 is 11.3 Å². The van der Waals surface area contributed by atoms with Gasteiger partial charge in [0.2, 0.25) is 0 Å². The molecule has 2 aromatic heterocycles. The van der Waals surface area contributed by atoms with Crippen LogP contribution in [-0.4, -0.2) is 44.6 Å². The number of hydrogen-bond donors (Lipinski definition) is 3. The largest absolute Gasteiger partial charge is 0.480 e. The summed E-state index contributed by atoms with van der Waals surface area (Å²) in [7, 11) is 0. The predicted octanol–water partition coefficient (Wildman–Crippen LogP) is -0.0276. The summed E-state index contributed by atoms with van der Waals surface area (Å²) in [4.78, 5) is 31.9. The summed E-state index contributed by atoms with van der Waals surface area (Å²) in [6.07, 6.45) is 0.396. The maximum absolute atomic E-state index is 11.8. The Morgan fingerprint density at radius 1 is 1.65 bits per heavy atom. The number of fused-ring (bicyclic) bond motifs is 1. The lowest BCUT2D eigenvalue weighted by Crippen LogP contribution is -2.50. The topological polar surface area (TPSA) is 112 Å².